The summed E-state index contributed by atoms with van der Waals surface area (Å²) < 4.78 is 13.8. The van der Waals surface area contributed by atoms with E-state index in [-0.39, 0.29) is 5.82 Å². The lowest BCUT2D eigenvalue weighted by molar-refractivity contribution is 0.625. The molecule has 0 N–H and O–H groups in total. The van der Waals surface area contributed by atoms with E-state index in [0.717, 1.165) is 4.47 Å². The van der Waals surface area contributed by atoms with Crippen molar-refractivity contribution in [2.75, 3.05) is 0 Å². The molecule has 58 valence electrons. The summed E-state index contributed by atoms with van der Waals surface area (Å²) >= 11 is 3.27. The number of benzene rings is 1. The van der Waals surface area contributed by atoms with Crippen LogP contribution in [-0.2, 0) is 0 Å². The van der Waals surface area contributed by atoms with Crippen LogP contribution < -0.4 is 0 Å². The second-order valence-electron chi connectivity index (χ2n) is 2.17. The third-order valence-electron chi connectivity index (χ3n) is 1.30. The van der Waals surface area contributed by atoms with Crippen molar-refractivity contribution in [2.45, 2.75) is 6.92 Å². The van der Waals surface area contributed by atoms with Crippen molar-refractivity contribution >= 4 is 22.0 Å². The van der Waals surface area contributed by atoms with E-state index >= 15 is 0 Å². The van der Waals surface area contributed by atoms with E-state index in [1.54, 1.807) is 18.2 Å². The Labute approximate surface area is 73.9 Å². The normalized spacial score (nSPS) is 10.8. The van der Waals surface area contributed by atoms with Crippen molar-refractivity contribution in [1.29, 1.82) is 0 Å². The van der Waals surface area contributed by atoms with Gasteiger partial charge >= 0.3 is 0 Å². The Morgan fingerprint density at radius 3 is 2.82 bits per heavy atom. The smallest absolute Gasteiger partial charge is 0.130 e. The highest BCUT2D eigenvalue weighted by molar-refractivity contribution is 9.10. The van der Waals surface area contributed by atoms with Crippen molar-refractivity contribution in [3.8, 4) is 0 Å². The summed E-state index contributed by atoms with van der Waals surface area (Å²) in [6.07, 6.45) is 3.55. The maximum Gasteiger partial charge on any atom is 0.130 e. The van der Waals surface area contributed by atoms with Gasteiger partial charge in [-0.25, -0.2) is 4.39 Å². The summed E-state index contributed by atoms with van der Waals surface area (Å²) in [6, 6.07) is 4.87. The van der Waals surface area contributed by atoms with E-state index in [1.807, 2.05) is 13.0 Å². The average molecular weight is 215 g/mol. The van der Waals surface area contributed by atoms with Gasteiger partial charge in [0.15, 0.2) is 0 Å². The van der Waals surface area contributed by atoms with Gasteiger partial charge in [0.25, 0.3) is 0 Å². The molecule has 0 atom stereocenters. The van der Waals surface area contributed by atoms with Crippen molar-refractivity contribution in [3.63, 3.8) is 0 Å². The molecule has 2 heteroatoms. The number of allylic oxidation sites excluding steroid dienone is 1. The van der Waals surface area contributed by atoms with Gasteiger partial charge in [-0.15, -0.1) is 0 Å². The Balaban J connectivity index is 3.12. The largest absolute Gasteiger partial charge is 0.206 e. The van der Waals surface area contributed by atoms with Gasteiger partial charge in [0, 0.05) is 10.0 Å². The lowest BCUT2D eigenvalue weighted by Gasteiger charge is -1.96. The highest BCUT2D eigenvalue weighted by Crippen LogP contribution is 2.16. The van der Waals surface area contributed by atoms with Gasteiger partial charge in [0.1, 0.15) is 5.82 Å². The molecule has 11 heavy (non-hydrogen) atoms. The fourth-order valence-corrected chi connectivity index (χ4v) is 1.20. The van der Waals surface area contributed by atoms with Gasteiger partial charge in [-0.1, -0.05) is 28.1 Å². The average Bonchev–Trinajstić information content (AvgIpc) is 1.98. The topological polar surface area (TPSA) is 0 Å². The van der Waals surface area contributed by atoms with Gasteiger partial charge in [-0.3, -0.25) is 0 Å². The van der Waals surface area contributed by atoms with E-state index in [1.165, 1.54) is 6.07 Å². The van der Waals surface area contributed by atoms with Crippen molar-refractivity contribution in [2.24, 2.45) is 0 Å². The first-order valence-electron chi connectivity index (χ1n) is 3.32. The minimum absolute atomic E-state index is 0.189. The van der Waals surface area contributed by atoms with Crippen molar-refractivity contribution < 1.29 is 4.39 Å². The molecule has 0 amide bonds. The second-order valence-corrected chi connectivity index (χ2v) is 3.08. The quantitative estimate of drug-likeness (QED) is 0.671. The van der Waals surface area contributed by atoms with Crippen LogP contribution in [0.3, 0.4) is 0 Å². The molecule has 0 radical (unpaired) electrons. The molecule has 1 aromatic carbocycles. The first kappa shape index (κ1) is 8.47. The standard InChI is InChI=1S/C9H8BrF/c1-2-3-7-6-8(10)4-5-9(7)11/h2-6H,1H3/b3-2+. The van der Waals surface area contributed by atoms with Crippen LogP contribution in [0, 0.1) is 5.82 Å². The lowest BCUT2D eigenvalue weighted by Crippen LogP contribution is -1.80. The number of halogens is 2. The lowest BCUT2D eigenvalue weighted by atomic mass is 10.2. The zero-order chi connectivity index (χ0) is 8.27. The highest BCUT2D eigenvalue weighted by Gasteiger charge is 1.96. The maximum atomic E-state index is 12.9. The minimum atomic E-state index is -0.189. The van der Waals surface area contributed by atoms with Crippen LogP contribution in [0.5, 0.6) is 0 Å². The van der Waals surface area contributed by atoms with Crippen LogP contribution in [0.4, 0.5) is 4.39 Å². The van der Waals surface area contributed by atoms with Gasteiger partial charge in [-0.2, -0.15) is 0 Å². The fraction of sp³-hybridized carbons (Fsp3) is 0.111. The van der Waals surface area contributed by atoms with E-state index in [9.17, 15) is 4.39 Å². The van der Waals surface area contributed by atoms with Gasteiger partial charge in [0.2, 0.25) is 0 Å². The van der Waals surface area contributed by atoms with E-state index in [4.69, 9.17) is 0 Å². The predicted octanol–water partition coefficient (Wildman–Crippen LogP) is 3.62. The molecular formula is C9H8BrF. The molecule has 0 saturated carbocycles. The van der Waals surface area contributed by atoms with E-state index in [0.29, 0.717) is 5.56 Å². The predicted molar refractivity (Wildman–Crippen MR) is 48.8 cm³/mol. The molecular weight excluding hydrogens is 207 g/mol. The van der Waals surface area contributed by atoms with Crippen LogP contribution >= 0.6 is 15.9 Å². The van der Waals surface area contributed by atoms with Crippen molar-refractivity contribution in [1.82, 2.24) is 0 Å². The maximum absolute atomic E-state index is 12.9. The van der Waals surface area contributed by atoms with E-state index < -0.39 is 0 Å². The fourth-order valence-electron chi connectivity index (χ4n) is 0.822. The monoisotopic (exact) mass is 214 g/mol. The Morgan fingerprint density at radius 1 is 1.45 bits per heavy atom. The Kier molecular flexibility index (Phi) is 2.83. The third-order valence-corrected chi connectivity index (χ3v) is 1.80. The van der Waals surface area contributed by atoms with Gasteiger partial charge < -0.3 is 0 Å². The molecule has 0 aromatic heterocycles. The summed E-state index contributed by atoms with van der Waals surface area (Å²) in [4.78, 5) is 0. The molecule has 0 heterocycles. The molecule has 0 spiro atoms. The third kappa shape index (κ3) is 2.15. The molecule has 1 rings (SSSR count). The van der Waals surface area contributed by atoms with Crippen LogP contribution in [0.1, 0.15) is 12.5 Å². The first-order chi connectivity index (χ1) is 5.24. The molecule has 0 fully saturated rings. The minimum Gasteiger partial charge on any atom is -0.206 e. The first-order valence-corrected chi connectivity index (χ1v) is 4.11. The molecule has 1 aromatic rings. The summed E-state index contributed by atoms with van der Waals surface area (Å²) in [6.45, 7) is 1.86. The molecule has 0 bridgehead atoms. The zero-order valence-corrected chi connectivity index (χ0v) is 7.73. The van der Waals surface area contributed by atoms with Crippen molar-refractivity contribution in [3.05, 3.63) is 40.1 Å². The van der Waals surface area contributed by atoms with E-state index in [2.05, 4.69) is 15.9 Å². The highest BCUT2D eigenvalue weighted by atomic mass is 79.9. The van der Waals surface area contributed by atoms with Crippen LogP contribution in [0.2, 0.25) is 0 Å². The number of rotatable bonds is 1. The van der Waals surface area contributed by atoms with Crippen LogP contribution in [-0.4, -0.2) is 0 Å². The summed E-state index contributed by atoms with van der Waals surface area (Å²) in [5.41, 5.74) is 0.613. The SMILES string of the molecule is C/C=C/c1cc(Br)ccc1F. The number of hydrogen-bond acceptors (Lipinski definition) is 0. The van der Waals surface area contributed by atoms with Gasteiger partial charge in [-0.05, 0) is 25.1 Å². The molecule has 0 unspecified atom stereocenters. The van der Waals surface area contributed by atoms with Gasteiger partial charge in [0.05, 0.1) is 0 Å². The summed E-state index contributed by atoms with van der Waals surface area (Å²) in [5.74, 6) is -0.189. The molecule has 0 aliphatic heterocycles. The van der Waals surface area contributed by atoms with Crippen LogP contribution in [0.25, 0.3) is 6.08 Å². The van der Waals surface area contributed by atoms with Crippen LogP contribution in [0.15, 0.2) is 28.7 Å². The Bertz CT molecular complexity index is 279. The molecule has 0 nitrogen and oxygen atoms in total. The Morgan fingerprint density at radius 2 is 2.18 bits per heavy atom. The molecule has 0 aliphatic rings. The summed E-state index contributed by atoms with van der Waals surface area (Å²) in [7, 11) is 0. The second kappa shape index (κ2) is 3.67. The zero-order valence-electron chi connectivity index (χ0n) is 6.14. The molecule has 0 saturated heterocycles. The number of hydrogen-bond donors (Lipinski definition) is 0. The summed E-state index contributed by atoms with van der Waals surface area (Å²) in [5, 5.41) is 0. The Hall–Kier alpha value is -0.630. The molecule has 0 aliphatic carbocycles.